The first kappa shape index (κ1) is 50.3. The molecule has 3 N–H and O–H groups in total. The van der Waals surface area contributed by atoms with E-state index in [1.165, 1.54) is 20.1 Å². The number of nitrogens with one attached hydrogen (secondary N) is 3. The lowest BCUT2D eigenvalue weighted by atomic mass is 9.65. The van der Waals surface area contributed by atoms with E-state index in [4.69, 9.17) is 19.2 Å². The lowest BCUT2D eigenvalue weighted by Crippen LogP contribution is -2.70. The molecule has 0 radical (unpaired) electrons. The number of carbonyl (C=O) groups excluding carboxylic acids is 4. The molecule has 370 valence electrons. The second-order valence-electron chi connectivity index (χ2n) is 20.7. The Bertz CT molecular complexity index is 2560. The number of allylic oxidation sites excluding steroid dienone is 1. The van der Waals surface area contributed by atoms with Gasteiger partial charge in [-0.3, -0.25) is 19.1 Å². The molecular weight excluding hydrogens is 913 g/mol. The van der Waals surface area contributed by atoms with Crippen molar-refractivity contribution in [3.8, 4) is 11.5 Å². The van der Waals surface area contributed by atoms with Gasteiger partial charge in [-0.2, -0.15) is 0 Å². The van der Waals surface area contributed by atoms with Crippen LogP contribution in [0.5, 0.6) is 11.5 Å². The number of rotatable bonds is 11. The summed E-state index contributed by atoms with van der Waals surface area (Å²) in [6.07, 6.45) is 4.68. The van der Waals surface area contributed by atoms with Crippen molar-refractivity contribution < 1.29 is 59.0 Å². The number of methoxy groups -OCH3 is 1. The van der Waals surface area contributed by atoms with Crippen LogP contribution in [0.3, 0.4) is 0 Å². The fraction of sp³-hybridized carbons (Fsp3) is 0.681. The average Bonchev–Trinajstić information content (AvgIpc) is 3.90. The number of alkyl halides is 2. The summed E-state index contributed by atoms with van der Waals surface area (Å²) in [7, 11) is -6.22. The number of hydrogen-bond donors (Lipinski definition) is 3. The van der Waals surface area contributed by atoms with Crippen molar-refractivity contribution >= 4 is 54.6 Å². The fourth-order valence-electron chi connectivity index (χ4n) is 9.63. The second-order valence-corrected chi connectivity index (χ2v) is 25.5. The van der Waals surface area contributed by atoms with Gasteiger partial charge in [0.05, 0.1) is 52.6 Å². The number of ether oxygens (including phenoxy) is 3. The van der Waals surface area contributed by atoms with Gasteiger partial charge >= 0.3 is 6.09 Å². The third-order valence-electron chi connectivity index (χ3n) is 14.4. The smallest absolute Gasteiger partial charge is 0.408 e. The van der Waals surface area contributed by atoms with Crippen molar-refractivity contribution in [2.75, 3.05) is 19.4 Å². The van der Waals surface area contributed by atoms with E-state index in [0.717, 1.165) is 4.90 Å². The Labute approximate surface area is 392 Å². The van der Waals surface area contributed by atoms with E-state index in [0.29, 0.717) is 56.2 Å². The normalized spacial score (nSPS) is 27.4. The number of benzene rings is 1. The standard InChI is InChI=1S/C47H65F2N5O11S2/c1-28(2)37-38-36(32-24-31(63-8)16-17-33(32)50-37)47(48,49)26-45(64-38)25-35-39(55)52-46(41(57)53-67(61,62)44(7)20-21-44)19-18-30(46)14-12-10-9-11-13-15-34(40(56)54(35)27-45)51-42(58)65-43(5,6)22-23-66(59,60)29(3)4/h12,14,16-17,24,28-30,34-35H,9-11,13,15,18-23,25-27H2,1-8H3,(H,51,58)(H,52,55)(H,53,57). The van der Waals surface area contributed by atoms with Crippen LogP contribution in [0.2, 0.25) is 0 Å². The molecule has 1 aromatic heterocycles. The van der Waals surface area contributed by atoms with E-state index in [9.17, 15) is 26.4 Å². The molecule has 3 aliphatic heterocycles. The molecule has 16 nitrogen and oxygen atoms in total. The molecule has 0 bridgehead atoms. The van der Waals surface area contributed by atoms with Crippen LogP contribution >= 0.6 is 0 Å². The van der Waals surface area contributed by atoms with Crippen LogP contribution in [-0.4, -0.2) is 109 Å². The molecular formula is C47H65F2N5O11S2. The maximum absolute atomic E-state index is 17.3. The highest BCUT2D eigenvalue weighted by Crippen LogP contribution is 2.55. The van der Waals surface area contributed by atoms with Gasteiger partial charge in [-0.15, -0.1) is 0 Å². The highest BCUT2D eigenvalue weighted by atomic mass is 32.2. The minimum absolute atomic E-state index is 0.0386. The van der Waals surface area contributed by atoms with Gasteiger partial charge in [-0.25, -0.2) is 35.4 Å². The molecule has 2 saturated carbocycles. The molecule has 3 fully saturated rings. The molecule has 2 aromatic rings. The number of fused-ring (bicyclic) bond motifs is 5. The summed E-state index contributed by atoms with van der Waals surface area (Å²) in [5.74, 6) is -7.37. The minimum atomic E-state index is -4.15. The van der Waals surface area contributed by atoms with Crippen molar-refractivity contribution in [2.45, 2.75) is 176 Å². The van der Waals surface area contributed by atoms with Crippen molar-refractivity contribution in [1.82, 2.24) is 25.2 Å². The van der Waals surface area contributed by atoms with Gasteiger partial charge in [-0.05, 0) is 104 Å². The Morgan fingerprint density at radius 3 is 2.39 bits per heavy atom. The van der Waals surface area contributed by atoms with Gasteiger partial charge in [0, 0.05) is 24.1 Å². The highest BCUT2D eigenvalue weighted by molar-refractivity contribution is 7.92. The van der Waals surface area contributed by atoms with E-state index in [-0.39, 0.29) is 41.8 Å². The third kappa shape index (κ3) is 9.97. The Morgan fingerprint density at radius 2 is 1.76 bits per heavy atom. The molecule has 5 unspecified atom stereocenters. The van der Waals surface area contributed by atoms with Gasteiger partial charge in [0.15, 0.2) is 15.6 Å². The van der Waals surface area contributed by atoms with Crippen LogP contribution in [0.4, 0.5) is 13.6 Å². The van der Waals surface area contributed by atoms with E-state index in [2.05, 4.69) is 15.4 Å². The van der Waals surface area contributed by atoms with Crippen LogP contribution in [-0.2, 0) is 44.9 Å². The number of carbonyl (C=O) groups is 4. The van der Waals surface area contributed by atoms with Crippen LogP contribution in [0, 0.1) is 5.92 Å². The average molecular weight is 978 g/mol. The quantitative estimate of drug-likeness (QED) is 0.207. The monoisotopic (exact) mass is 977 g/mol. The Hall–Kier alpha value is -4.59. The lowest BCUT2D eigenvalue weighted by molar-refractivity contribution is -0.145. The largest absolute Gasteiger partial charge is 0.497 e. The van der Waals surface area contributed by atoms with Gasteiger partial charge in [0.25, 0.3) is 11.8 Å². The van der Waals surface area contributed by atoms with Crippen LogP contribution in [0.25, 0.3) is 10.9 Å². The first-order valence-electron chi connectivity index (χ1n) is 23.3. The third-order valence-corrected chi connectivity index (χ3v) is 18.8. The highest BCUT2D eigenvalue weighted by Gasteiger charge is 2.62. The number of amides is 4. The number of aromatic nitrogens is 1. The molecule has 7 rings (SSSR count). The number of pyridine rings is 1. The predicted molar refractivity (Wildman–Crippen MR) is 246 cm³/mol. The van der Waals surface area contributed by atoms with E-state index < -0.39 is 125 Å². The van der Waals surface area contributed by atoms with E-state index >= 15 is 18.4 Å². The molecule has 2 aliphatic carbocycles. The van der Waals surface area contributed by atoms with Gasteiger partial charge in [0.2, 0.25) is 21.8 Å². The fourth-order valence-corrected chi connectivity index (χ4v) is 12.2. The number of alkyl carbamates (subject to hydrolysis) is 1. The minimum Gasteiger partial charge on any atom is -0.497 e. The van der Waals surface area contributed by atoms with Crippen LogP contribution < -0.4 is 24.8 Å². The molecule has 1 spiro atoms. The first-order valence-corrected chi connectivity index (χ1v) is 26.5. The van der Waals surface area contributed by atoms with Gasteiger partial charge in [-0.1, -0.05) is 38.8 Å². The van der Waals surface area contributed by atoms with E-state index in [1.54, 1.807) is 59.8 Å². The zero-order chi connectivity index (χ0) is 49.1. The maximum atomic E-state index is 17.3. The maximum Gasteiger partial charge on any atom is 0.408 e. The molecule has 1 saturated heterocycles. The summed E-state index contributed by atoms with van der Waals surface area (Å²) in [4.78, 5) is 64.0. The summed E-state index contributed by atoms with van der Waals surface area (Å²) in [6.45, 7) is 10.8. The molecule has 4 amide bonds. The summed E-state index contributed by atoms with van der Waals surface area (Å²) in [5.41, 5.74) is -4.81. The summed E-state index contributed by atoms with van der Waals surface area (Å²) >= 11 is 0. The summed E-state index contributed by atoms with van der Waals surface area (Å²) in [6, 6.07) is 1.79. The lowest BCUT2D eigenvalue weighted by Gasteiger charge is -2.48. The summed E-state index contributed by atoms with van der Waals surface area (Å²) < 4.78 is 106. The predicted octanol–water partition coefficient (Wildman–Crippen LogP) is 6.45. The Balaban J connectivity index is 1.28. The molecule has 5 atom stereocenters. The zero-order valence-electron chi connectivity index (χ0n) is 39.6. The van der Waals surface area contributed by atoms with Crippen molar-refractivity contribution in [1.29, 1.82) is 0 Å². The van der Waals surface area contributed by atoms with E-state index in [1.807, 2.05) is 6.08 Å². The number of nitrogens with zero attached hydrogens (tertiary/aromatic N) is 2. The second kappa shape index (κ2) is 18.1. The number of sulfonamides is 1. The Morgan fingerprint density at radius 1 is 1.04 bits per heavy atom. The SMILES string of the molecule is COc1ccc2nc(C(C)C)c3c(c2c1)C(F)(F)CC1(CC2C(=O)NC4(C(=O)NS(=O)(=O)C5(C)CC5)CCC4C=CCCCCCC(NC(=O)OC(C)(C)CCS(=O)(=O)C(C)C)C(=O)N2C1)O3. The first-order chi connectivity index (χ1) is 31.2. The topological polar surface area (TPSA) is 216 Å². The molecule has 4 heterocycles. The zero-order valence-corrected chi connectivity index (χ0v) is 41.3. The molecule has 1 aromatic carbocycles. The number of halogens is 2. The summed E-state index contributed by atoms with van der Waals surface area (Å²) in [5, 5.41) is 4.96. The van der Waals surface area contributed by atoms with Gasteiger partial charge in [0.1, 0.15) is 34.6 Å². The molecule has 5 aliphatic rings. The van der Waals surface area contributed by atoms with Gasteiger partial charge < -0.3 is 29.7 Å². The van der Waals surface area contributed by atoms with Crippen LogP contribution in [0.1, 0.15) is 143 Å². The molecule has 20 heteroatoms. The van der Waals surface area contributed by atoms with Crippen molar-refractivity contribution in [3.63, 3.8) is 0 Å². The van der Waals surface area contributed by atoms with Crippen LogP contribution in [0.15, 0.2) is 30.4 Å². The Kier molecular flexibility index (Phi) is 13.6. The van der Waals surface area contributed by atoms with Crippen molar-refractivity contribution in [3.05, 3.63) is 41.6 Å². The van der Waals surface area contributed by atoms with Crippen molar-refractivity contribution in [2.24, 2.45) is 5.92 Å². The molecule has 67 heavy (non-hydrogen) atoms. The number of sulfone groups is 1. The number of hydrogen-bond acceptors (Lipinski definition) is 12.